The van der Waals surface area contributed by atoms with Crippen molar-refractivity contribution >= 4 is 5.97 Å². The first-order chi connectivity index (χ1) is 9.00. The molecule has 1 unspecified atom stereocenters. The van der Waals surface area contributed by atoms with Crippen molar-refractivity contribution in [3.8, 4) is 0 Å². The fourth-order valence-electron chi connectivity index (χ4n) is 2.91. The van der Waals surface area contributed by atoms with Crippen LogP contribution in [0.5, 0.6) is 0 Å². The van der Waals surface area contributed by atoms with Crippen LogP contribution >= 0.6 is 0 Å². The summed E-state index contributed by atoms with van der Waals surface area (Å²) >= 11 is 0. The highest BCUT2D eigenvalue weighted by atomic mass is 16.4. The first kappa shape index (κ1) is 14.0. The van der Waals surface area contributed by atoms with Gasteiger partial charge in [-0.2, -0.15) is 0 Å². The molecule has 1 heterocycles. The number of hydrogen-bond acceptors (Lipinski definition) is 6. The molecule has 7 atom stereocenters. The Balaban J connectivity index is 2.02. The molecule has 0 aromatic rings. The number of carboxylic acids is 1. The fraction of sp³-hybridized carbons (Fsp3) is 0.900. The van der Waals surface area contributed by atoms with E-state index in [4.69, 9.17) is 10.6 Å². The van der Waals surface area contributed by atoms with Crippen molar-refractivity contribution in [2.24, 2.45) is 11.0 Å². The molecular formula is C10H16N4O5. The molecule has 0 bridgehead atoms. The molecule has 106 valence electrons. The van der Waals surface area contributed by atoms with Gasteiger partial charge >= 0.3 is 5.97 Å². The van der Waals surface area contributed by atoms with Gasteiger partial charge in [0, 0.05) is 17.5 Å². The van der Waals surface area contributed by atoms with E-state index >= 15 is 0 Å². The van der Waals surface area contributed by atoms with Gasteiger partial charge in [0.15, 0.2) is 0 Å². The van der Waals surface area contributed by atoms with Crippen molar-refractivity contribution in [2.75, 3.05) is 13.1 Å². The summed E-state index contributed by atoms with van der Waals surface area (Å²) in [4.78, 5) is 15.5. The summed E-state index contributed by atoms with van der Waals surface area (Å²) in [6.45, 7) is 0.736. The van der Waals surface area contributed by atoms with Crippen LogP contribution in [-0.4, -0.2) is 74.8 Å². The van der Waals surface area contributed by atoms with E-state index in [1.54, 1.807) is 4.90 Å². The van der Waals surface area contributed by atoms with Gasteiger partial charge in [-0.1, -0.05) is 5.11 Å². The molecule has 0 amide bonds. The Bertz CT molecular complexity index is 413. The van der Waals surface area contributed by atoms with Crippen molar-refractivity contribution in [3.63, 3.8) is 0 Å². The van der Waals surface area contributed by atoms with Crippen LogP contribution in [0.1, 0.15) is 6.42 Å². The van der Waals surface area contributed by atoms with E-state index in [9.17, 15) is 20.1 Å². The van der Waals surface area contributed by atoms with E-state index < -0.39 is 42.3 Å². The molecule has 0 radical (unpaired) electrons. The lowest BCUT2D eigenvalue weighted by atomic mass is 9.83. The lowest BCUT2D eigenvalue weighted by molar-refractivity contribution is -0.156. The van der Waals surface area contributed by atoms with Gasteiger partial charge in [0.25, 0.3) is 0 Å². The quantitative estimate of drug-likeness (QED) is 0.158. The maximum absolute atomic E-state index is 11.1. The molecule has 0 aromatic heterocycles. The highest BCUT2D eigenvalue weighted by Gasteiger charge is 2.65. The number of azide groups is 1. The third-order valence-corrected chi connectivity index (χ3v) is 3.83. The zero-order chi connectivity index (χ0) is 14.2. The van der Waals surface area contributed by atoms with Crippen molar-refractivity contribution in [1.82, 2.24) is 4.90 Å². The standard InChI is InChI=1S/C10H16N4O5/c11-13-12-2-1-3-14-5-4(10(18)19)7(15)9(17)8(16)6(5)14/h4-9,15-17H,1-3H2,(H,18,19)/t4-,5+,6+,7+,8-,9-,14?/m0/s1. The Hall–Kier alpha value is -1.38. The van der Waals surface area contributed by atoms with Crippen molar-refractivity contribution in [2.45, 2.75) is 36.8 Å². The molecule has 0 spiro atoms. The number of fused-ring (bicyclic) bond motifs is 1. The molecule has 4 N–H and O–H groups in total. The lowest BCUT2D eigenvalue weighted by Gasteiger charge is -2.30. The molecule has 19 heavy (non-hydrogen) atoms. The van der Waals surface area contributed by atoms with Gasteiger partial charge in [-0.3, -0.25) is 9.69 Å². The summed E-state index contributed by atoms with van der Waals surface area (Å²) in [5.74, 6) is -2.30. The Labute approximate surface area is 108 Å². The molecule has 2 rings (SSSR count). The van der Waals surface area contributed by atoms with Crippen LogP contribution in [0.15, 0.2) is 5.11 Å². The van der Waals surface area contributed by atoms with E-state index in [0.717, 1.165) is 0 Å². The smallest absolute Gasteiger partial charge is 0.310 e. The second-order valence-corrected chi connectivity index (χ2v) is 4.86. The van der Waals surface area contributed by atoms with Gasteiger partial charge in [-0.05, 0) is 18.5 Å². The maximum Gasteiger partial charge on any atom is 0.310 e. The van der Waals surface area contributed by atoms with Crippen molar-refractivity contribution < 1.29 is 25.2 Å². The van der Waals surface area contributed by atoms with Crippen LogP contribution in [0.4, 0.5) is 0 Å². The number of carbonyl (C=O) groups is 1. The zero-order valence-electron chi connectivity index (χ0n) is 10.1. The molecule has 1 aliphatic carbocycles. The maximum atomic E-state index is 11.1. The van der Waals surface area contributed by atoms with E-state index in [0.29, 0.717) is 13.0 Å². The van der Waals surface area contributed by atoms with E-state index in [-0.39, 0.29) is 6.54 Å². The molecule has 1 aliphatic heterocycles. The van der Waals surface area contributed by atoms with Crippen LogP contribution in [0.3, 0.4) is 0 Å². The number of aliphatic hydroxyl groups excluding tert-OH is 3. The minimum Gasteiger partial charge on any atom is -0.481 e. The summed E-state index contributed by atoms with van der Waals surface area (Å²) < 4.78 is 0. The van der Waals surface area contributed by atoms with Crippen molar-refractivity contribution in [3.05, 3.63) is 10.4 Å². The first-order valence-corrected chi connectivity index (χ1v) is 6.04. The Morgan fingerprint density at radius 1 is 1.21 bits per heavy atom. The monoisotopic (exact) mass is 272 g/mol. The second-order valence-electron chi connectivity index (χ2n) is 4.86. The van der Waals surface area contributed by atoms with Gasteiger partial charge in [-0.25, -0.2) is 0 Å². The van der Waals surface area contributed by atoms with Crippen LogP contribution in [0.25, 0.3) is 10.4 Å². The fourth-order valence-corrected chi connectivity index (χ4v) is 2.91. The Morgan fingerprint density at radius 3 is 2.47 bits per heavy atom. The average Bonchev–Trinajstić information content (AvgIpc) is 3.05. The molecule has 1 saturated heterocycles. The summed E-state index contributed by atoms with van der Waals surface area (Å²) in [6, 6.07) is -0.928. The lowest BCUT2D eigenvalue weighted by Crippen LogP contribution is -2.53. The van der Waals surface area contributed by atoms with Gasteiger partial charge < -0.3 is 20.4 Å². The van der Waals surface area contributed by atoms with Gasteiger partial charge in [0.05, 0.1) is 18.2 Å². The minimum absolute atomic E-state index is 0.283. The largest absolute Gasteiger partial charge is 0.481 e. The van der Waals surface area contributed by atoms with E-state index in [2.05, 4.69) is 10.0 Å². The summed E-state index contributed by atoms with van der Waals surface area (Å²) in [5.41, 5.74) is 8.14. The Kier molecular flexibility index (Phi) is 3.93. The van der Waals surface area contributed by atoms with Crippen LogP contribution in [0, 0.1) is 5.92 Å². The molecule has 9 heteroatoms. The highest BCUT2D eigenvalue weighted by molar-refractivity contribution is 5.73. The SMILES string of the molecule is [N-]=[N+]=NCCCN1[C@@H]2[C@H](C(=O)O)[C@@H](O)[C@H](O)[C@@H](O)[C@@H]21. The van der Waals surface area contributed by atoms with Crippen molar-refractivity contribution in [1.29, 1.82) is 0 Å². The highest BCUT2D eigenvalue weighted by Crippen LogP contribution is 2.44. The predicted octanol–water partition coefficient (Wildman–Crippen LogP) is -1.46. The third-order valence-electron chi connectivity index (χ3n) is 3.83. The van der Waals surface area contributed by atoms with Gasteiger partial charge in [-0.15, -0.1) is 0 Å². The molecular weight excluding hydrogens is 256 g/mol. The predicted molar refractivity (Wildman–Crippen MR) is 62.1 cm³/mol. The molecule has 2 fully saturated rings. The van der Waals surface area contributed by atoms with Crippen LogP contribution < -0.4 is 0 Å². The minimum atomic E-state index is -1.48. The van der Waals surface area contributed by atoms with Crippen LogP contribution in [-0.2, 0) is 4.79 Å². The van der Waals surface area contributed by atoms with Crippen LogP contribution in [0.2, 0.25) is 0 Å². The summed E-state index contributed by atoms with van der Waals surface area (Å²) in [5, 5.41) is 41.6. The number of likely N-dealkylation sites (tertiary alicyclic amines) is 1. The van der Waals surface area contributed by atoms with E-state index in [1.165, 1.54) is 0 Å². The molecule has 0 aromatic carbocycles. The zero-order valence-corrected chi connectivity index (χ0v) is 10.1. The number of nitrogens with zero attached hydrogens (tertiary/aromatic N) is 4. The normalized spacial score (nSPS) is 44.1. The number of carboxylic acid groups (broad SMARTS) is 1. The Morgan fingerprint density at radius 2 is 1.89 bits per heavy atom. The molecule has 9 nitrogen and oxygen atoms in total. The number of aliphatic carboxylic acids is 1. The number of aliphatic hydroxyl groups is 3. The van der Waals surface area contributed by atoms with Gasteiger partial charge in [0.2, 0.25) is 0 Å². The second kappa shape index (κ2) is 5.32. The van der Waals surface area contributed by atoms with Gasteiger partial charge in [0.1, 0.15) is 12.0 Å². The average molecular weight is 272 g/mol. The molecule has 2 aliphatic rings. The third kappa shape index (κ3) is 2.38. The topological polar surface area (TPSA) is 150 Å². The molecule has 1 saturated carbocycles. The first-order valence-electron chi connectivity index (χ1n) is 6.04. The number of hydrogen-bond donors (Lipinski definition) is 4. The summed E-state index contributed by atoms with van der Waals surface area (Å²) in [6.07, 6.45) is -3.56. The summed E-state index contributed by atoms with van der Waals surface area (Å²) in [7, 11) is 0. The number of rotatable bonds is 5. The van der Waals surface area contributed by atoms with E-state index in [1.807, 2.05) is 0 Å².